The van der Waals surface area contributed by atoms with E-state index in [9.17, 15) is 0 Å². The first-order valence-corrected chi connectivity index (χ1v) is 5.43. The third kappa shape index (κ3) is 6.02. The van der Waals surface area contributed by atoms with E-state index in [4.69, 9.17) is 0 Å². The minimum Gasteiger partial charge on any atom is -0.305 e. The Morgan fingerprint density at radius 3 is 1.77 bits per heavy atom. The highest BCUT2D eigenvalue weighted by atomic mass is 15.3. The zero-order chi connectivity index (χ0) is 10.1. The minimum absolute atomic E-state index is 1.00. The molecule has 0 rings (SSSR count). The maximum atomic E-state index is 3.35. The Hall–Kier alpha value is -0.120. The second-order valence-corrected chi connectivity index (χ2v) is 3.19. The summed E-state index contributed by atoms with van der Waals surface area (Å²) in [6, 6.07) is 0. The van der Waals surface area contributed by atoms with Gasteiger partial charge < -0.3 is 5.32 Å². The smallest absolute Gasteiger partial charge is 0.0517 e. The van der Waals surface area contributed by atoms with Gasteiger partial charge in [0.05, 0.1) is 6.67 Å². The first-order valence-electron chi connectivity index (χ1n) is 5.43. The van der Waals surface area contributed by atoms with E-state index in [0.29, 0.717) is 0 Å². The minimum atomic E-state index is 1.00. The van der Waals surface area contributed by atoms with Crippen molar-refractivity contribution in [3.05, 3.63) is 0 Å². The molecule has 0 radical (unpaired) electrons. The Morgan fingerprint density at radius 1 is 0.846 bits per heavy atom. The molecule has 0 saturated carbocycles. The van der Waals surface area contributed by atoms with Crippen LogP contribution in [0.2, 0.25) is 0 Å². The molecule has 0 amide bonds. The van der Waals surface area contributed by atoms with E-state index in [2.05, 4.69) is 42.8 Å². The molecule has 13 heavy (non-hydrogen) atoms. The van der Waals surface area contributed by atoms with Gasteiger partial charge in [-0.1, -0.05) is 27.7 Å². The van der Waals surface area contributed by atoms with Crippen molar-refractivity contribution in [1.82, 2.24) is 15.1 Å². The zero-order valence-corrected chi connectivity index (χ0v) is 9.64. The summed E-state index contributed by atoms with van der Waals surface area (Å²) < 4.78 is 0. The molecule has 0 unspecified atom stereocenters. The largest absolute Gasteiger partial charge is 0.305 e. The van der Waals surface area contributed by atoms with Gasteiger partial charge in [-0.25, -0.2) is 0 Å². The van der Waals surface area contributed by atoms with E-state index >= 15 is 0 Å². The number of hydrogen-bond acceptors (Lipinski definition) is 3. The molecule has 80 valence electrons. The topological polar surface area (TPSA) is 18.5 Å². The maximum Gasteiger partial charge on any atom is 0.0517 e. The van der Waals surface area contributed by atoms with Gasteiger partial charge in [-0.3, -0.25) is 9.80 Å². The van der Waals surface area contributed by atoms with Crippen molar-refractivity contribution in [3.63, 3.8) is 0 Å². The third-order valence-corrected chi connectivity index (χ3v) is 2.33. The molecule has 0 bridgehead atoms. The van der Waals surface area contributed by atoms with Crippen molar-refractivity contribution < 1.29 is 0 Å². The van der Waals surface area contributed by atoms with Gasteiger partial charge in [-0.05, 0) is 26.2 Å². The molecule has 0 aliphatic carbocycles. The van der Waals surface area contributed by atoms with Crippen LogP contribution in [0.15, 0.2) is 0 Å². The van der Waals surface area contributed by atoms with Crippen LogP contribution < -0.4 is 5.32 Å². The third-order valence-electron chi connectivity index (χ3n) is 2.33. The number of rotatable bonds is 8. The van der Waals surface area contributed by atoms with Crippen molar-refractivity contribution in [2.75, 3.05) is 39.5 Å². The van der Waals surface area contributed by atoms with Crippen molar-refractivity contribution in [2.45, 2.75) is 27.7 Å². The van der Waals surface area contributed by atoms with Gasteiger partial charge in [0.1, 0.15) is 0 Å². The van der Waals surface area contributed by atoms with Gasteiger partial charge in [0, 0.05) is 6.67 Å². The molecule has 0 atom stereocenters. The first-order chi connectivity index (χ1) is 6.28. The molecule has 0 aromatic rings. The summed E-state index contributed by atoms with van der Waals surface area (Å²) >= 11 is 0. The molecule has 3 nitrogen and oxygen atoms in total. The second kappa shape index (κ2) is 8.48. The first kappa shape index (κ1) is 12.9. The molecule has 0 aliphatic rings. The lowest BCUT2D eigenvalue weighted by Crippen LogP contribution is -2.42. The number of hydrogen-bond donors (Lipinski definition) is 1. The molecule has 0 aromatic heterocycles. The summed E-state index contributed by atoms with van der Waals surface area (Å²) in [7, 11) is 0. The maximum absolute atomic E-state index is 3.35. The zero-order valence-electron chi connectivity index (χ0n) is 9.64. The summed E-state index contributed by atoms with van der Waals surface area (Å²) in [5.74, 6) is 0. The van der Waals surface area contributed by atoms with Crippen LogP contribution >= 0.6 is 0 Å². The summed E-state index contributed by atoms with van der Waals surface area (Å²) in [5.41, 5.74) is 0. The van der Waals surface area contributed by atoms with Crippen molar-refractivity contribution in [1.29, 1.82) is 0 Å². The van der Waals surface area contributed by atoms with E-state index in [1.54, 1.807) is 0 Å². The van der Waals surface area contributed by atoms with E-state index in [1.807, 2.05) is 0 Å². The average molecular weight is 187 g/mol. The monoisotopic (exact) mass is 187 g/mol. The summed E-state index contributed by atoms with van der Waals surface area (Å²) in [4.78, 5) is 4.84. The van der Waals surface area contributed by atoms with Crippen LogP contribution in [0, 0.1) is 0 Å². The van der Waals surface area contributed by atoms with Crippen molar-refractivity contribution in [2.24, 2.45) is 0 Å². The van der Waals surface area contributed by atoms with Crippen molar-refractivity contribution in [3.8, 4) is 0 Å². The molecule has 0 aliphatic heterocycles. The SMILES string of the molecule is CCNCN(CC)CN(CC)CC. The molecule has 0 fully saturated rings. The highest BCUT2D eigenvalue weighted by Gasteiger charge is 2.05. The molecule has 1 N–H and O–H groups in total. The molecule has 3 heteroatoms. The predicted octanol–water partition coefficient (Wildman–Crippen LogP) is 1.17. The fraction of sp³-hybridized carbons (Fsp3) is 1.00. The lowest BCUT2D eigenvalue weighted by Gasteiger charge is -2.27. The Balaban J connectivity index is 3.67. The molecular weight excluding hydrogens is 162 g/mol. The molecule has 0 spiro atoms. The molecular formula is C10H25N3. The Morgan fingerprint density at radius 2 is 1.38 bits per heavy atom. The fourth-order valence-corrected chi connectivity index (χ4v) is 1.24. The van der Waals surface area contributed by atoms with Crippen LogP contribution in [-0.2, 0) is 0 Å². The van der Waals surface area contributed by atoms with Gasteiger partial charge >= 0.3 is 0 Å². The fourth-order valence-electron chi connectivity index (χ4n) is 1.24. The van der Waals surface area contributed by atoms with Gasteiger partial charge in [0.2, 0.25) is 0 Å². The predicted molar refractivity (Wildman–Crippen MR) is 58.7 cm³/mol. The molecule has 0 heterocycles. The lowest BCUT2D eigenvalue weighted by atomic mass is 10.5. The van der Waals surface area contributed by atoms with Gasteiger partial charge in [-0.2, -0.15) is 0 Å². The molecule has 0 saturated heterocycles. The van der Waals surface area contributed by atoms with Crippen LogP contribution in [0.3, 0.4) is 0 Å². The van der Waals surface area contributed by atoms with Crippen LogP contribution in [-0.4, -0.2) is 49.3 Å². The normalized spacial score (nSPS) is 11.5. The van der Waals surface area contributed by atoms with E-state index in [1.165, 1.54) is 0 Å². The van der Waals surface area contributed by atoms with Crippen LogP contribution in [0.4, 0.5) is 0 Å². The average Bonchev–Trinajstić information content (AvgIpc) is 2.19. The summed E-state index contributed by atoms with van der Waals surface area (Å²) in [6.07, 6.45) is 0. The molecule has 0 aromatic carbocycles. The van der Waals surface area contributed by atoms with Crippen LogP contribution in [0.5, 0.6) is 0 Å². The van der Waals surface area contributed by atoms with Crippen LogP contribution in [0.25, 0.3) is 0 Å². The van der Waals surface area contributed by atoms with Gasteiger partial charge in [0.15, 0.2) is 0 Å². The van der Waals surface area contributed by atoms with E-state index in [-0.39, 0.29) is 0 Å². The summed E-state index contributed by atoms with van der Waals surface area (Å²) in [5, 5.41) is 3.35. The number of nitrogens with zero attached hydrogens (tertiary/aromatic N) is 2. The van der Waals surface area contributed by atoms with E-state index in [0.717, 1.165) is 39.5 Å². The standard InChI is InChI=1S/C10H25N3/c1-5-11-9-13(8-4)10-12(6-2)7-3/h11H,5-10H2,1-4H3. The second-order valence-electron chi connectivity index (χ2n) is 3.19. The highest BCUT2D eigenvalue weighted by Crippen LogP contribution is 1.92. The summed E-state index contributed by atoms with van der Waals surface area (Å²) in [6.45, 7) is 15.3. The van der Waals surface area contributed by atoms with Gasteiger partial charge in [0.25, 0.3) is 0 Å². The highest BCUT2D eigenvalue weighted by molar-refractivity contribution is 4.55. The Bertz CT molecular complexity index is 102. The quantitative estimate of drug-likeness (QED) is 0.576. The Labute approximate surface area is 83.1 Å². The lowest BCUT2D eigenvalue weighted by molar-refractivity contribution is 0.138. The van der Waals surface area contributed by atoms with Crippen molar-refractivity contribution >= 4 is 0 Å². The van der Waals surface area contributed by atoms with E-state index < -0.39 is 0 Å². The number of nitrogens with one attached hydrogen (secondary N) is 1. The van der Waals surface area contributed by atoms with Gasteiger partial charge in [-0.15, -0.1) is 0 Å². The Kier molecular flexibility index (Phi) is 8.40. The van der Waals surface area contributed by atoms with Crippen LogP contribution in [0.1, 0.15) is 27.7 Å².